The second-order valence-electron chi connectivity index (χ2n) is 5.43. The summed E-state index contributed by atoms with van der Waals surface area (Å²) in [5.41, 5.74) is 1.66. The minimum absolute atomic E-state index is 0.736. The standard InChI is InChI=1S/C13H20N6/c1-18-5-3-10(4-6-18)7-19(2)13-11-12(15-8-14-11)16-9-17-13/h8-10H,3-7H2,1-2H3,(H,14,15,16,17). The van der Waals surface area contributed by atoms with Gasteiger partial charge in [0.05, 0.1) is 6.33 Å². The molecule has 0 aliphatic carbocycles. The average Bonchev–Trinajstić information content (AvgIpc) is 2.89. The number of aromatic amines is 1. The molecule has 6 nitrogen and oxygen atoms in total. The van der Waals surface area contributed by atoms with Gasteiger partial charge in [0.2, 0.25) is 0 Å². The molecule has 0 atom stereocenters. The summed E-state index contributed by atoms with van der Waals surface area (Å²) in [6.45, 7) is 3.43. The molecular weight excluding hydrogens is 240 g/mol. The highest BCUT2D eigenvalue weighted by molar-refractivity contribution is 5.82. The smallest absolute Gasteiger partial charge is 0.182 e. The molecule has 0 spiro atoms. The van der Waals surface area contributed by atoms with E-state index in [2.05, 4.69) is 43.8 Å². The molecule has 0 unspecified atom stereocenters. The first-order valence-electron chi connectivity index (χ1n) is 6.78. The number of likely N-dealkylation sites (tertiary alicyclic amines) is 1. The van der Waals surface area contributed by atoms with E-state index in [0.717, 1.165) is 29.4 Å². The van der Waals surface area contributed by atoms with Crippen LogP contribution in [0, 0.1) is 5.92 Å². The summed E-state index contributed by atoms with van der Waals surface area (Å²) in [5.74, 6) is 1.69. The Morgan fingerprint density at radius 2 is 2.11 bits per heavy atom. The van der Waals surface area contributed by atoms with Crippen LogP contribution in [0.3, 0.4) is 0 Å². The van der Waals surface area contributed by atoms with Gasteiger partial charge in [0.1, 0.15) is 11.8 Å². The molecule has 102 valence electrons. The van der Waals surface area contributed by atoms with Gasteiger partial charge in [-0.05, 0) is 38.9 Å². The van der Waals surface area contributed by atoms with E-state index in [1.165, 1.54) is 25.9 Å². The van der Waals surface area contributed by atoms with E-state index in [9.17, 15) is 0 Å². The molecule has 0 saturated carbocycles. The van der Waals surface area contributed by atoms with Gasteiger partial charge in [-0.25, -0.2) is 15.0 Å². The fraction of sp³-hybridized carbons (Fsp3) is 0.615. The monoisotopic (exact) mass is 260 g/mol. The Bertz CT molecular complexity index is 543. The van der Waals surface area contributed by atoms with Gasteiger partial charge in [0.25, 0.3) is 0 Å². The Morgan fingerprint density at radius 3 is 2.89 bits per heavy atom. The number of nitrogens with one attached hydrogen (secondary N) is 1. The lowest BCUT2D eigenvalue weighted by atomic mass is 9.97. The number of hydrogen-bond acceptors (Lipinski definition) is 5. The van der Waals surface area contributed by atoms with Crippen LogP contribution in [-0.4, -0.2) is 58.6 Å². The average molecular weight is 260 g/mol. The lowest BCUT2D eigenvalue weighted by molar-refractivity contribution is 0.222. The zero-order valence-electron chi connectivity index (χ0n) is 11.5. The summed E-state index contributed by atoms with van der Waals surface area (Å²) < 4.78 is 0. The number of anilines is 1. The third-order valence-corrected chi connectivity index (χ3v) is 3.93. The zero-order chi connectivity index (χ0) is 13.2. The fourth-order valence-corrected chi connectivity index (χ4v) is 2.76. The molecule has 0 amide bonds. The maximum atomic E-state index is 4.39. The van der Waals surface area contributed by atoms with E-state index in [1.807, 2.05) is 0 Å². The van der Waals surface area contributed by atoms with Crippen molar-refractivity contribution < 1.29 is 0 Å². The summed E-state index contributed by atoms with van der Waals surface area (Å²) in [5, 5.41) is 0. The quantitative estimate of drug-likeness (QED) is 0.896. The van der Waals surface area contributed by atoms with Crippen LogP contribution < -0.4 is 4.90 Å². The molecule has 0 radical (unpaired) electrons. The molecule has 3 heterocycles. The molecular formula is C13H20N6. The van der Waals surface area contributed by atoms with Gasteiger partial charge < -0.3 is 14.8 Å². The molecule has 1 fully saturated rings. The number of nitrogens with zero attached hydrogens (tertiary/aromatic N) is 5. The third kappa shape index (κ3) is 2.53. The predicted octanol–water partition coefficient (Wildman–Crippen LogP) is 1.13. The summed E-state index contributed by atoms with van der Waals surface area (Å²) in [6, 6.07) is 0. The third-order valence-electron chi connectivity index (χ3n) is 3.93. The topological polar surface area (TPSA) is 60.9 Å². The van der Waals surface area contributed by atoms with E-state index < -0.39 is 0 Å². The first kappa shape index (κ1) is 12.3. The van der Waals surface area contributed by atoms with Crippen molar-refractivity contribution in [1.82, 2.24) is 24.8 Å². The summed E-state index contributed by atoms with van der Waals surface area (Å²) in [4.78, 5) is 20.5. The Morgan fingerprint density at radius 1 is 1.32 bits per heavy atom. The minimum Gasteiger partial charge on any atom is -0.358 e. The van der Waals surface area contributed by atoms with Crippen LogP contribution in [0.2, 0.25) is 0 Å². The number of hydrogen-bond donors (Lipinski definition) is 1. The van der Waals surface area contributed by atoms with Crippen molar-refractivity contribution >= 4 is 17.0 Å². The Balaban J connectivity index is 1.73. The Labute approximate surface area is 112 Å². The highest BCUT2D eigenvalue weighted by Gasteiger charge is 2.20. The molecule has 3 rings (SSSR count). The van der Waals surface area contributed by atoms with E-state index in [1.54, 1.807) is 12.7 Å². The molecule has 6 heteroatoms. The van der Waals surface area contributed by atoms with E-state index in [0.29, 0.717) is 0 Å². The van der Waals surface area contributed by atoms with Crippen molar-refractivity contribution in [2.45, 2.75) is 12.8 Å². The summed E-state index contributed by atoms with van der Waals surface area (Å²) in [6.07, 6.45) is 5.78. The van der Waals surface area contributed by atoms with Crippen molar-refractivity contribution in [1.29, 1.82) is 0 Å². The van der Waals surface area contributed by atoms with Crippen LogP contribution in [0.1, 0.15) is 12.8 Å². The van der Waals surface area contributed by atoms with Crippen LogP contribution in [-0.2, 0) is 0 Å². The Hall–Kier alpha value is -1.69. The highest BCUT2D eigenvalue weighted by atomic mass is 15.2. The molecule has 0 aromatic carbocycles. The molecule has 0 bridgehead atoms. The number of rotatable bonds is 3. The summed E-state index contributed by atoms with van der Waals surface area (Å²) in [7, 11) is 4.29. The van der Waals surface area contributed by atoms with Crippen LogP contribution in [0.25, 0.3) is 11.2 Å². The second-order valence-corrected chi connectivity index (χ2v) is 5.43. The van der Waals surface area contributed by atoms with Crippen LogP contribution >= 0.6 is 0 Å². The first-order valence-corrected chi connectivity index (χ1v) is 6.78. The van der Waals surface area contributed by atoms with Crippen molar-refractivity contribution in [3.8, 4) is 0 Å². The largest absolute Gasteiger partial charge is 0.358 e. The number of piperidine rings is 1. The second kappa shape index (κ2) is 5.13. The van der Waals surface area contributed by atoms with Crippen LogP contribution in [0.15, 0.2) is 12.7 Å². The van der Waals surface area contributed by atoms with Gasteiger partial charge in [-0.2, -0.15) is 0 Å². The van der Waals surface area contributed by atoms with E-state index >= 15 is 0 Å². The summed E-state index contributed by atoms with van der Waals surface area (Å²) >= 11 is 0. The molecule has 1 aliphatic heterocycles. The highest BCUT2D eigenvalue weighted by Crippen LogP contribution is 2.22. The minimum atomic E-state index is 0.736. The van der Waals surface area contributed by atoms with Crippen LogP contribution in [0.5, 0.6) is 0 Å². The number of fused-ring (bicyclic) bond motifs is 1. The van der Waals surface area contributed by atoms with Crippen molar-refractivity contribution in [2.75, 3.05) is 38.6 Å². The van der Waals surface area contributed by atoms with Gasteiger partial charge >= 0.3 is 0 Å². The molecule has 2 aromatic heterocycles. The number of aromatic nitrogens is 4. The molecule has 1 saturated heterocycles. The lowest BCUT2D eigenvalue weighted by Crippen LogP contribution is -2.36. The maximum Gasteiger partial charge on any atom is 0.182 e. The molecule has 1 N–H and O–H groups in total. The van der Waals surface area contributed by atoms with Gasteiger partial charge in [-0.1, -0.05) is 0 Å². The van der Waals surface area contributed by atoms with Crippen molar-refractivity contribution in [3.63, 3.8) is 0 Å². The van der Waals surface area contributed by atoms with E-state index in [-0.39, 0.29) is 0 Å². The number of H-pyrrole nitrogens is 1. The van der Waals surface area contributed by atoms with Crippen molar-refractivity contribution in [3.05, 3.63) is 12.7 Å². The zero-order valence-corrected chi connectivity index (χ0v) is 11.5. The first-order chi connectivity index (χ1) is 9.24. The fourth-order valence-electron chi connectivity index (χ4n) is 2.76. The normalized spacial score (nSPS) is 18.0. The van der Waals surface area contributed by atoms with Gasteiger partial charge in [0.15, 0.2) is 11.5 Å². The molecule has 1 aliphatic rings. The predicted molar refractivity (Wildman–Crippen MR) is 75.2 cm³/mol. The van der Waals surface area contributed by atoms with Crippen LogP contribution in [0.4, 0.5) is 5.82 Å². The molecule has 2 aromatic rings. The lowest BCUT2D eigenvalue weighted by Gasteiger charge is -2.32. The maximum absolute atomic E-state index is 4.39. The van der Waals surface area contributed by atoms with Gasteiger partial charge in [-0.3, -0.25) is 0 Å². The van der Waals surface area contributed by atoms with Gasteiger partial charge in [-0.15, -0.1) is 0 Å². The Kier molecular flexibility index (Phi) is 3.33. The van der Waals surface area contributed by atoms with Crippen molar-refractivity contribution in [2.24, 2.45) is 5.92 Å². The van der Waals surface area contributed by atoms with Gasteiger partial charge in [0, 0.05) is 13.6 Å². The SMILES string of the molecule is CN1CCC(CN(C)c2ncnc3nc[nH]c23)CC1. The number of imidazole rings is 1. The van der Waals surface area contributed by atoms with E-state index in [4.69, 9.17) is 0 Å². The molecule has 19 heavy (non-hydrogen) atoms.